The van der Waals surface area contributed by atoms with Crippen LogP contribution in [-0.4, -0.2) is 31.8 Å². The van der Waals surface area contributed by atoms with Crippen LogP contribution in [0.15, 0.2) is 12.1 Å². The Labute approximate surface area is 170 Å². The molecule has 8 heteroatoms. The van der Waals surface area contributed by atoms with E-state index < -0.39 is 33.4 Å². The molecular weight excluding hydrogens is 405 g/mol. The summed E-state index contributed by atoms with van der Waals surface area (Å²) in [6.45, 7) is -0.549. The van der Waals surface area contributed by atoms with E-state index in [0.29, 0.717) is 25.2 Å². The summed E-state index contributed by atoms with van der Waals surface area (Å²) in [5, 5.41) is -0.823. The van der Waals surface area contributed by atoms with E-state index in [2.05, 4.69) is 4.72 Å². The van der Waals surface area contributed by atoms with E-state index in [9.17, 15) is 22.4 Å². The Kier molecular flexibility index (Phi) is 6.89. The van der Waals surface area contributed by atoms with Crippen LogP contribution in [0.4, 0.5) is 4.39 Å². The first-order valence-electron chi connectivity index (χ1n) is 9.82. The molecule has 2 aliphatic carbocycles. The highest BCUT2D eigenvalue weighted by atomic mass is 35.5. The zero-order chi connectivity index (χ0) is 20.3. The second kappa shape index (κ2) is 9.01. The summed E-state index contributed by atoms with van der Waals surface area (Å²) in [7, 11) is -3.64. The number of ketones is 2. The highest BCUT2D eigenvalue weighted by molar-refractivity contribution is 7.90. The molecule has 154 valence electrons. The van der Waals surface area contributed by atoms with Gasteiger partial charge in [-0.2, -0.15) is 0 Å². The number of hydrogen-bond acceptors (Lipinski definition) is 4. The average Bonchev–Trinajstić information content (AvgIpc) is 2.65. The van der Waals surface area contributed by atoms with E-state index in [1.807, 2.05) is 0 Å². The van der Waals surface area contributed by atoms with Gasteiger partial charge in [0.2, 0.25) is 10.0 Å². The van der Waals surface area contributed by atoms with Crippen molar-refractivity contribution in [3.63, 3.8) is 0 Å². The maximum atomic E-state index is 14.4. The molecule has 1 aromatic carbocycles. The molecule has 0 heterocycles. The predicted octanol–water partition coefficient (Wildman–Crippen LogP) is 4.29. The smallest absolute Gasteiger partial charge is 0.214 e. The molecule has 2 saturated carbocycles. The lowest BCUT2D eigenvalue weighted by molar-refractivity contribution is 0.0936. The maximum Gasteiger partial charge on any atom is 0.214 e. The topological polar surface area (TPSA) is 80.3 Å². The van der Waals surface area contributed by atoms with E-state index in [0.717, 1.165) is 38.5 Å². The van der Waals surface area contributed by atoms with Gasteiger partial charge in [-0.3, -0.25) is 9.59 Å². The molecule has 0 radical (unpaired) electrons. The molecule has 5 nitrogen and oxygen atoms in total. The van der Waals surface area contributed by atoms with Crippen LogP contribution in [0, 0.1) is 11.7 Å². The summed E-state index contributed by atoms with van der Waals surface area (Å²) in [5.74, 6) is -1.51. The number of benzene rings is 1. The first-order chi connectivity index (χ1) is 13.3. The molecule has 2 fully saturated rings. The molecule has 0 atom stereocenters. The van der Waals surface area contributed by atoms with Gasteiger partial charge >= 0.3 is 0 Å². The quantitative estimate of drug-likeness (QED) is 0.625. The Morgan fingerprint density at radius 1 is 1.04 bits per heavy atom. The summed E-state index contributed by atoms with van der Waals surface area (Å²) in [6.07, 6.45) is 7.27. The van der Waals surface area contributed by atoms with Crippen LogP contribution in [0.1, 0.15) is 78.5 Å². The fourth-order valence-electron chi connectivity index (χ4n) is 3.78. The third-order valence-corrected chi connectivity index (χ3v) is 7.95. The lowest BCUT2D eigenvalue weighted by atomic mass is 9.81. The number of halogens is 2. The molecule has 0 bridgehead atoms. The minimum absolute atomic E-state index is 0.177. The Hall–Kier alpha value is -1.31. The summed E-state index contributed by atoms with van der Waals surface area (Å²) in [6, 6.07) is 2.43. The normalized spacial score (nSPS) is 18.6. The van der Waals surface area contributed by atoms with E-state index in [4.69, 9.17) is 11.6 Å². The highest BCUT2D eigenvalue weighted by Gasteiger charge is 2.28. The van der Waals surface area contributed by atoms with Crippen molar-refractivity contribution in [3.05, 3.63) is 34.1 Å². The van der Waals surface area contributed by atoms with Gasteiger partial charge in [0, 0.05) is 12.0 Å². The van der Waals surface area contributed by atoms with Crippen molar-refractivity contribution in [2.75, 3.05) is 6.54 Å². The van der Waals surface area contributed by atoms with Crippen LogP contribution in [0.2, 0.25) is 5.02 Å². The second-order valence-corrected chi connectivity index (χ2v) is 10.2. The van der Waals surface area contributed by atoms with Gasteiger partial charge in [-0.1, -0.05) is 50.1 Å². The summed E-state index contributed by atoms with van der Waals surface area (Å²) in [4.78, 5) is 24.9. The van der Waals surface area contributed by atoms with E-state index in [1.165, 1.54) is 12.1 Å². The number of sulfonamides is 1. The van der Waals surface area contributed by atoms with Gasteiger partial charge in [0.05, 0.1) is 22.4 Å². The van der Waals surface area contributed by atoms with Crippen molar-refractivity contribution in [2.24, 2.45) is 5.92 Å². The van der Waals surface area contributed by atoms with Crippen molar-refractivity contribution in [2.45, 2.75) is 63.0 Å². The van der Waals surface area contributed by atoms with Crippen LogP contribution in [-0.2, 0) is 10.0 Å². The lowest BCUT2D eigenvalue weighted by Crippen LogP contribution is -2.38. The fourth-order valence-corrected chi connectivity index (χ4v) is 5.53. The van der Waals surface area contributed by atoms with Crippen LogP contribution in [0.25, 0.3) is 0 Å². The van der Waals surface area contributed by atoms with Gasteiger partial charge in [0.1, 0.15) is 0 Å². The third kappa shape index (κ3) is 4.99. The number of hydrogen-bond donors (Lipinski definition) is 1. The Bertz CT molecular complexity index is 861. The van der Waals surface area contributed by atoms with Crippen LogP contribution >= 0.6 is 11.6 Å². The first-order valence-corrected chi connectivity index (χ1v) is 11.7. The summed E-state index contributed by atoms with van der Waals surface area (Å²) in [5.41, 5.74) is -0.160. The maximum absolute atomic E-state index is 14.4. The van der Waals surface area contributed by atoms with Crippen molar-refractivity contribution in [1.29, 1.82) is 0 Å². The number of Topliss-reactive ketones (excluding diaryl/α,β-unsaturated/α-hetero) is 2. The monoisotopic (exact) mass is 429 g/mol. The molecule has 0 aliphatic heterocycles. The third-order valence-electron chi connectivity index (χ3n) is 5.77. The van der Waals surface area contributed by atoms with Gasteiger partial charge in [0.15, 0.2) is 17.4 Å². The van der Waals surface area contributed by atoms with Crippen molar-refractivity contribution < 1.29 is 22.4 Å². The Morgan fingerprint density at radius 3 is 2.32 bits per heavy atom. The molecule has 1 aromatic rings. The molecule has 0 unspecified atom stereocenters. The molecular formula is C20H25ClFNO4S. The molecule has 0 amide bonds. The Balaban J connectivity index is 1.70. The Morgan fingerprint density at radius 2 is 1.71 bits per heavy atom. The SMILES string of the molecule is O=C(CC1CCC1)c1cc(Cl)c(F)c(C(=O)CNS(=O)(=O)C2CCCCC2)c1. The molecule has 0 saturated heterocycles. The summed E-state index contributed by atoms with van der Waals surface area (Å²) < 4.78 is 41.4. The second-order valence-electron chi connectivity index (χ2n) is 7.79. The molecule has 0 spiro atoms. The molecule has 0 aromatic heterocycles. The number of carbonyl (C=O) groups excluding carboxylic acids is 2. The fraction of sp³-hybridized carbons (Fsp3) is 0.600. The predicted molar refractivity (Wildman–Crippen MR) is 106 cm³/mol. The number of carbonyl (C=O) groups is 2. The largest absolute Gasteiger partial charge is 0.294 e. The van der Waals surface area contributed by atoms with Gasteiger partial charge in [-0.15, -0.1) is 0 Å². The van der Waals surface area contributed by atoms with Gasteiger partial charge in [0.25, 0.3) is 0 Å². The van der Waals surface area contributed by atoms with Gasteiger partial charge in [-0.05, 0) is 30.9 Å². The van der Waals surface area contributed by atoms with Gasteiger partial charge in [-0.25, -0.2) is 17.5 Å². The average molecular weight is 430 g/mol. The van der Waals surface area contributed by atoms with Crippen LogP contribution in [0.3, 0.4) is 0 Å². The van der Waals surface area contributed by atoms with E-state index in [-0.39, 0.29) is 21.9 Å². The van der Waals surface area contributed by atoms with Gasteiger partial charge < -0.3 is 0 Å². The summed E-state index contributed by atoms with van der Waals surface area (Å²) >= 11 is 5.89. The molecule has 3 rings (SSSR count). The van der Waals surface area contributed by atoms with Crippen molar-refractivity contribution in [3.8, 4) is 0 Å². The highest BCUT2D eigenvalue weighted by Crippen LogP contribution is 2.31. The lowest BCUT2D eigenvalue weighted by Gasteiger charge is -2.24. The number of rotatable bonds is 8. The zero-order valence-corrected chi connectivity index (χ0v) is 17.3. The van der Waals surface area contributed by atoms with Crippen molar-refractivity contribution >= 4 is 33.2 Å². The molecule has 1 N–H and O–H groups in total. The zero-order valence-electron chi connectivity index (χ0n) is 15.7. The first kappa shape index (κ1) is 21.4. The number of nitrogens with one attached hydrogen (secondary N) is 1. The van der Waals surface area contributed by atoms with Crippen LogP contribution in [0.5, 0.6) is 0 Å². The van der Waals surface area contributed by atoms with Crippen LogP contribution < -0.4 is 4.72 Å². The van der Waals surface area contributed by atoms with E-state index >= 15 is 0 Å². The molecule has 2 aliphatic rings. The van der Waals surface area contributed by atoms with Crippen molar-refractivity contribution in [1.82, 2.24) is 4.72 Å². The molecule has 28 heavy (non-hydrogen) atoms. The van der Waals surface area contributed by atoms with E-state index in [1.54, 1.807) is 0 Å². The minimum Gasteiger partial charge on any atom is -0.294 e. The standard InChI is InChI=1S/C20H25ClFNO4S/c21-17-11-14(18(24)9-13-5-4-6-13)10-16(20(17)22)19(25)12-23-28(26,27)15-7-2-1-3-8-15/h10-11,13,15,23H,1-9,12H2. The minimum atomic E-state index is -3.64.